The van der Waals surface area contributed by atoms with Crippen molar-refractivity contribution in [3.8, 4) is 11.1 Å². The van der Waals surface area contributed by atoms with E-state index in [-0.39, 0.29) is 12.5 Å². The summed E-state index contributed by atoms with van der Waals surface area (Å²) in [4.78, 5) is 39.6. The van der Waals surface area contributed by atoms with E-state index in [0.717, 1.165) is 22.3 Å². The predicted molar refractivity (Wildman–Crippen MR) is 128 cm³/mol. The van der Waals surface area contributed by atoms with Crippen LogP contribution in [0, 0.1) is 5.41 Å². The zero-order valence-electron chi connectivity index (χ0n) is 20.1. The van der Waals surface area contributed by atoms with Gasteiger partial charge in [-0.05, 0) is 47.4 Å². The van der Waals surface area contributed by atoms with Crippen molar-refractivity contribution in [1.29, 1.82) is 0 Å². The maximum absolute atomic E-state index is 13.4. The SMILES string of the molecule is CC(C)(C)[C@@H](NC(=O)OCC1c2ccccc2-c2ccccc21)C(=O)N1CCC[C@]1(C)C(=O)O. The van der Waals surface area contributed by atoms with Crippen LogP contribution in [0.15, 0.2) is 48.5 Å². The van der Waals surface area contributed by atoms with Crippen LogP contribution < -0.4 is 5.32 Å². The molecule has 2 amide bonds. The number of rotatable bonds is 5. The molecule has 1 aliphatic carbocycles. The molecule has 0 unspecified atom stereocenters. The fourth-order valence-electron chi connectivity index (χ4n) is 5.10. The Morgan fingerprint density at radius 2 is 1.65 bits per heavy atom. The Morgan fingerprint density at radius 3 is 2.18 bits per heavy atom. The first-order valence-corrected chi connectivity index (χ1v) is 11.7. The highest BCUT2D eigenvalue weighted by Crippen LogP contribution is 2.44. The normalized spacial score (nSPS) is 20.4. The number of benzene rings is 2. The van der Waals surface area contributed by atoms with E-state index in [4.69, 9.17) is 4.74 Å². The summed E-state index contributed by atoms with van der Waals surface area (Å²) in [7, 11) is 0. The van der Waals surface area contributed by atoms with E-state index in [0.29, 0.717) is 19.4 Å². The Labute approximate surface area is 200 Å². The minimum Gasteiger partial charge on any atom is -0.480 e. The third kappa shape index (κ3) is 4.15. The van der Waals surface area contributed by atoms with Gasteiger partial charge in [0.2, 0.25) is 5.91 Å². The number of amides is 2. The summed E-state index contributed by atoms with van der Waals surface area (Å²) in [6.07, 6.45) is 0.304. The number of hydrogen-bond donors (Lipinski definition) is 2. The summed E-state index contributed by atoms with van der Waals surface area (Å²) in [6, 6.07) is 15.2. The summed E-state index contributed by atoms with van der Waals surface area (Å²) in [6.45, 7) is 7.57. The van der Waals surface area contributed by atoms with Crippen molar-refractivity contribution in [2.75, 3.05) is 13.2 Å². The van der Waals surface area contributed by atoms with Gasteiger partial charge in [0.25, 0.3) is 0 Å². The number of carbonyl (C=O) groups is 3. The molecule has 2 N–H and O–H groups in total. The molecule has 2 aromatic rings. The zero-order chi connectivity index (χ0) is 24.7. The van der Waals surface area contributed by atoms with Crippen LogP contribution in [0.3, 0.4) is 0 Å². The van der Waals surface area contributed by atoms with E-state index >= 15 is 0 Å². The van der Waals surface area contributed by atoms with Crippen LogP contribution in [0.1, 0.15) is 57.6 Å². The fourth-order valence-corrected chi connectivity index (χ4v) is 5.10. The highest BCUT2D eigenvalue weighted by molar-refractivity contribution is 5.92. The van der Waals surface area contributed by atoms with Crippen LogP contribution in [0.2, 0.25) is 0 Å². The first-order chi connectivity index (χ1) is 16.0. The van der Waals surface area contributed by atoms with Crippen molar-refractivity contribution < 1.29 is 24.2 Å². The van der Waals surface area contributed by atoms with Crippen LogP contribution in [-0.4, -0.2) is 52.7 Å². The van der Waals surface area contributed by atoms with Crippen LogP contribution in [0.25, 0.3) is 11.1 Å². The molecule has 1 saturated heterocycles. The monoisotopic (exact) mass is 464 g/mol. The molecule has 7 nitrogen and oxygen atoms in total. The molecule has 1 fully saturated rings. The van der Waals surface area contributed by atoms with Crippen molar-refractivity contribution in [1.82, 2.24) is 10.2 Å². The van der Waals surface area contributed by atoms with Gasteiger partial charge in [-0.15, -0.1) is 0 Å². The Bertz CT molecular complexity index is 1080. The highest BCUT2D eigenvalue weighted by Gasteiger charge is 2.49. The molecule has 2 aliphatic rings. The molecular formula is C27H32N2O5. The third-order valence-corrected chi connectivity index (χ3v) is 7.09. The smallest absolute Gasteiger partial charge is 0.407 e. The van der Waals surface area contributed by atoms with Crippen molar-refractivity contribution in [3.05, 3.63) is 59.7 Å². The number of carboxylic acids is 1. The van der Waals surface area contributed by atoms with Gasteiger partial charge in [-0.1, -0.05) is 69.3 Å². The van der Waals surface area contributed by atoms with Gasteiger partial charge in [-0.2, -0.15) is 0 Å². The maximum Gasteiger partial charge on any atom is 0.407 e. The lowest BCUT2D eigenvalue weighted by molar-refractivity contribution is -0.157. The van der Waals surface area contributed by atoms with Gasteiger partial charge >= 0.3 is 12.1 Å². The van der Waals surface area contributed by atoms with Crippen LogP contribution in [0.5, 0.6) is 0 Å². The number of ether oxygens (including phenoxy) is 1. The van der Waals surface area contributed by atoms with Crippen molar-refractivity contribution in [2.45, 2.75) is 58.0 Å². The molecule has 0 bridgehead atoms. The van der Waals surface area contributed by atoms with Gasteiger partial charge in [-0.3, -0.25) is 4.79 Å². The first-order valence-electron chi connectivity index (χ1n) is 11.7. The molecule has 2 aromatic carbocycles. The first kappa shape index (κ1) is 23.8. The molecule has 0 saturated carbocycles. The molecule has 2 atom stereocenters. The average molecular weight is 465 g/mol. The highest BCUT2D eigenvalue weighted by atomic mass is 16.5. The molecule has 34 heavy (non-hydrogen) atoms. The number of alkyl carbamates (subject to hydrolysis) is 1. The molecular weight excluding hydrogens is 432 g/mol. The standard InChI is InChI=1S/C27H32N2O5/c1-26(2,3)22(23(30)29-15-9-14-27(29,4)24(31)32)28-25(33)34-16-21-19-12-7-5-10-17(19)18-11-6-8-13-20(18)21/h5-8,10-13,21-22H,9,14-16H2,1-4H3,(H,28,33)(H,31,32)/t22-,27+/m0/s1. The second kappa shape index (κ2) is 8.78. The number of aliphatic carboxylic acids is 1. The quantitative estimate of drug-likeness (QED) is 0.684. The van der Waals surface area contributed by atoms with Crippen molar-refractivity contribution in [3.63, 3.8) is 0 Å². The summed E-state index contributed by atoms with van der Waals surface area (Å²) < 4.78 is 5.64. The summed E-state index contributed by atoms with van der Waals surface area (Å²) in [5.74, 6) is -1.52. The van der Waals surface area contributed by atoms with E-state index in [1.807, 2.05) is 57.2 Å². The van der Waals surface area contributed by atoms with Gasteiger partial charge in [0.1, 0.15) is 18.2 Å². The molecule has 1 heterocycles. The average Bonchev–Trinajstić information content (AvgIpc) is 3.34. The van der Waals surface area contributed by atoms with E-state index in [9.17, 15) is 19.5 Å². The molecule has 180 valence electrons. The lowest BCUT2D eigenvalue weighted by Crippen LogP contribution is -2.60. The van der Waals surface area contributed by atoms with Crippen LogP contribution in [-0.2, 0) is 14.3 Å². The van der Waals surface area contributed by atoms with Crippen LogP contribution in [0.4, 0.5) is 4.79 Å². The topological polar surface area (TPSA) is 95.9 Å². The van der Waals surface area contributed by atoms with Gasteiger partial charge in [0, 0.05) is 12.5 Å². The van der Waals surface area contributed by atoms with Crippen molar-refractivity contribution >= 4 is 18.0 Å². The van der Waals surface area contributed by atoms with Gasteiger partial charge in [-0.25, -0.2) is 9.59 Å². The summed E-state index contributed by atoms with van der Waals surface area (Å²) in [5.41, 5.74) is 2.57. The Kier molecular flexibility index (Phi) is 6.14. The number of carboxylic acid groups (broad SMARTS) is 1. The molecule has 0 aromatic heterocycles. The number of nitrogens with one attached hydrogen (secondary N) is 1. The Balaban J connectivity index is 1.49. The molecule has 4 rings (SSSR count). The second-order valence-electron chi connectivity index (χ2n) is 10.4. The number of hydrogen-bond acceptors (Lipinski definition) is 4. The number of likely N-dealkylation sites (tertiary alicyclic amines) is 1. The lowest BCUT2D eigenvalue weighted by atomic mass is 9.85. The van der Waals surface area contributed by atoms with Gasteiger partial charge in [0.15, 0.2) is 0 Å². The lowest BCUT2D eigenvalue weighted by Gasteiger charge is -2.38. The number of fused-ring (bicyclic) bond motifs is 3. The summed E-state index contributed by atoms with van der Waals surface area (Å²) in [5, 5.41) is 12.5. The predicted octanol–water partition coefficient (Wildman–Crippen LogP) is 4.41. The Morgan fingerprint density at radius 1 is 1.09 bits per heavy atom. The molecule has 0 radical (unpaired) electrons. The minimum absolute atomic E-state index is 0.0872. The van der Waals surface area contributed by atoms with Gasteiger partial charge in [0.05, 0.1) is 0 Å². The largest absolute Gasteiger partial charge is 0.480 e. The number of nitrogens with zero attached hydrogens (tertiary/aromatic N) is 1. The van der Waals surface area contributed by atoms with E-state index in [1.54, 1.807) is 6.92 Å². The maximum atomic E-state index is 13.4. The Hall–Kier alpha value is -3.35. The van der Waals surface area contributed by atoms with Gasteiger partial charge < -0.3 is 20.1 Å². The summed E-state index contributed by atoms with van der Waals surface area (Å²) >= 11 is 0. The van der Waals surface area contributed by atoms with Crippen LogP contribution >= 0.6 is 0 Å². The van der Waals surface area contributed by atoms with E-state index < -0.39 is 35.0 Å². The molecule has 7 heteroatoms. The third-order valence-electron chi connectivity index (χ3n) is 7.09. The zero-order valence-corrected chi connectivity index (χ0v) is 20.1. The molecule has 0 spiro atoms. The fraction of sp³-hybridized carbons (Fsp3) is 0.444. The van der Waals surface area contributed by atoms with Crippen molar-refractivity contribution in [2.24, 2.45) is 5.41 Å². The number of carbonyl (C=O) groups excluding carboxylic acids is 2. The second-order valence-corrected chi connectivity index (χ2v) is 10.4. The van der Waals surface area contributed by atoms with E-state index in [2.05, 4.69) is 17.4 Å². The molecule has 1 aliphatic heterocycles. The van der Waals surface area contributed by atoms with E-state index in [1.165, 1.54) is 4.90 Å². The minimum atomic E-state index is -1.27.